The second-order valence-corrected chi connectivity index (χ2v) is 5.01. The van der Waals surface area contributed by atoms with Crippen LogP contribution in [0.15, 0.2) is 59.4 Å². The lowest BCUT2D eigenvalue weighted by Gasteiger charge is -2.01. The average molecular weight is 314 g/mol. The van der Waals surface area contributed by atoms with Gasteiger partial charge in [-0.05, 0) is 23.8 Å². The highest BCUT2D eigenvalue weighted by Gasteiger charge is 2.14. The van der Waals surface area contributed by atoms with Gasteiger partial charge in [-0.2, -0.15) is 0 Å². The Labute approximate surface area is 131 Å². The number of hydrogen-bond acceptors (Lipinski definition) is 4. The van der Waals surface area contributed by atoms with Crippen LogP contribution < -0.4 is 5.32 Å². The van der Waals surface area contributed by atoms with Gasteiger partial charge in [-0.3, -0.25) is 9.78 Å². The van der Waals surface area contributed by atoms with Crippen molar-refractivity contribution in [3.63, 3.8) is 0 Å². The van der Waals surface area contributed by atoms with E-state index >= 15 is 0 Å². The highest BCUT2D eigenvalue weighted by Crippen LogP contribution is 2.27. The van der Waals surface area contributed by atoms with Crippen LogP contribution in [-0.2, 0) is 6.54 Å². The summed E-state index contributed by atoms with van der Waals surface area (Å²) in [5.41, 5.74) is 1.81. The molecule has 0 bridgehead atoms. The van der Waals surface area contributed by atoms with E-state index in [0.29, 0.717) is 22.9 Å². The fourth-order valence-corrected chi connectivity index (χ4v) is 2.17. The minimum Gasteiger partial charge on any atom is -0.355 e. The normalized spacial score (nSPS) is 10.4. The zero-order chi connectivity index (χ0) is 15.4. The molecule has 0 aliphatic rings. The smallest absolute Gasteiger partial charge is 0.273 e. The van der Waals surface area contributed by atoms with E-state index in [4.69, 9.17) is 16.1 Å². The molecule has 0 saturated carbocycles. The Morgan fingerprint density at radius 2 is 2.09 bits per heavy atom. The Balaban J connectivity index is 1.71. The van der Waals surface area contributed by atoms with Gasteiger partial charge in [-0.25, -0.2) is 0 Å². The number of halogens is 1. The summed E-state index contributed by atoms with van der Waals surface area (Å²) >= 11 is 6.09. The lowest BCUT2D eigenvalue weighted by atomic mass is 10.1. The van der Waals surface area contributed by atoms with Gasteiger partial charge in [0.1, 0.15) is 0 Å². The van der Waals surface area contributed by atoms with Crippen molar-refractivity contribution >= 4 is 17.5 Å². The summed E-state index contributed by atoms with van der Waals surface area (Å²) in [7, 11) is 0. The third kappa shape index (κ3) is 3.15. The van der Waals surface area contributed by atoms with E-state index in [1.807, 2.05) is 24.3 Å². The number of nitrogens with zero attached hydrogens (tertiary/aromatic N) is 2. The zero-order valence-electron chi connectivity index (χ0n) is 11.5. The van der Waals surface area contributed by atoms with Gasteiger partial charge in [0.2, 0.25) is 0 Å². The third-order valence-electron chi connectivity index (χ3n) is 3.06. The molecule has 22 heavy (non-hydrogen) atoms. The molecular weight excluding hydrogens is 302 g/mol. The average Bonchev–Trinajstić information content (AvgIpc) is 3.04. The van der Waals surface area contributed by atoms with Crippen LogP contribution in [0.1, 0.15) is 16.1 Å². The molecule has 2 aromatic heterocycles. The summed E-state index contributed by atoms with van der Waals surface area (Å²) in [6, 6.07) is 12.5. The lowest BCUT2D eigenvalue weighted by molar-refractivity contribution is 0.0942. The third-order valence-corrected chi connectivity index (χ3v) is 3.39. The van der Waals surface area contributed by atoms with Crippen molar-refractivity contribution in [1.29, 1.82) is 0 Å². The molecule has 0 aliphatic heterocycles. The van der Waals surface area contributed by atoms with Crippen molar-refractivity contribution in [3.8, 4) is 11.3 Å². The topological polar surface area (TPSA) is 68.0 Å². The molecule has 110 valence electrons. The van der Waals surface area contributed by atoms with Gasteiger partial charge in [0.15, 0.2) is 11.5 Å². The Kier molecular flexibility index (Phi) is 4.16. The van der Waals surface area contributed by atoms with Crippen LogP contribution in [0.3, 0.4) is 0 Å². The molecule has 5 nitrogen and oxygen atoms in total. The molecule has 1 aromatic carbocycles. The maximum Gasteiger partial charge on any atom is 0.273 e. The van der Waals surface area contributed by atoms with Crippen LogP contribution in [0, 0.1) is 0 Å². The Morgan fingerprint density at radius 3 is 2.86 bits per heavy atom. The fourth-order valence-electron chi connectivity index (χ4n) is 1.95. The second-order valence-electron chi connectivity index (χ2n) is 4.60. The van der Waals surface area contributed by atoms with Gasteiger partial charge in [-0.15, -0.1) is 0 Å². The molecule has 2 heterocycles. The number of rotatable bonds is 4. The molecule has 0 fully saturated rings. The molecule has 0 atom stereocenters. The largest absolute Gasteiger partial charge is 0.355 e. The maximum absolute atomic E-state index is 12.1. The highest BCUT2D eigenvalue weighted by atomic mass is 35.5. The van der Waals surface area contributed by atoms with E-state index < -0.39 is 0 Å². The standard InChI is InChI=1S/C16H12ClN3O2/c17-13-6-2-1-5-12(13)15-8-14(20-22-15)16(21)19-10-11-4-3-7-18-9-11/h1-9H,10H2,(H,19,21). The zero-order valence-corrected chi connectivity index (χ0v) is 12.2. The van der Waals surface area contributed by atoms with Crippen LogP contribution in [0.2, 0.25) is 5.02 Å². The molecule has 6 heteroatoms. The molecule has 0 saturated heterocycles. The number of benzene rings is 1. The molecule has 1 N–H and O–H groups in total. The van der Waals surface area contributed by atoms with Crippen LogP contribution in [0.25, 0.3) is 11.3 Å². The minimum atomic E-state index is -0.314. The van der Waals surface area contributed by atoms with Crippen molar-refractivity contribution in [2.75, 3.05) is 0 Å². The van der Waals surface area contributed by atoms with Gasteiger partial charge in [0.05, 0.1) is 5.02 Å². The number of hydrogen-bond donors (Lipinski definition) is 1. The number of aromatic nitrogens is 2. The molecule has 0 spiro atoms. The van der Waals surface area contributed by atoms with E-state index in [9.17, 15) is 4.79 Å². The highest BCUT2D eigenvalue weighted by molar-refractivity contribution is 6.33. The molecule has 0 radical (unpaired) electrons. The predicted octanol–water partition coefficient (Wildman–Crippen LogP) is 3.32. The SMILES string of the molecule is O=C(NCc1cccnc1)c1cc(-c2ccccc2Cl)on1. The second kappa shape index (κ2) is 6.41. The number of carbonyl (C=O) groups is 1. The van der Waals surface area contributed by atoms with E-state index in [2.05, 4.69) is 15.5 Å². The van der Waals surface area contributed by atoms with Gasteiger partial charge >= 0.3 is 0 Å². The number of amides is 1. The van der Waals surface area contributed by atoms with Gasteiger partial charge in [-0.1, -0.05) is 35.0 Å². The summed E-state index contributed by atoms with van der Waals surface area (Å²) < 4.78 is 5.20. The Bertz CT molecular complexity index is 787. The lowest BCUT2D eigenvalue weighted by Crippen LogP contribution is -2.23. The van der Waals surface area contributed by atoms with E-state index in [0.717, 1.165) is 5.56 Å². The first kappa shape index (κ1) is 14.3. The molecule has 0 aliphatic carbocycles. The van der Waals surface area contributed by atoms with Gasteiger partial charge < -0.3 is 9.84 Å². The van der Waals surface area contributed by atoms with Crippen molar-refractivity contribution in [2.24, 2.45) is 0 Å². The van der Waals surface area contributed by atoms with Crippen molar-refractivity contribution in [1.82, 2.24) is 15.5 Å². The molecule has 3 rings (SSSR count). The summed E-state index contributed by atoms with van der Waals surface area (Å²) in [5, 5.41) is 7.09. The van der Waals surface area contributed by atoms with Crippen molar-refractivity contribution < 1.29 is 9.32 Å². The van der Waals surface area contributed by atoms with E-state index in [1.54, 1.807) is 30.6 Å². The predicted molar refractivity (Wildman–Crippen MR) is 82.4 cm³/mol. The monoisotopic (exact) mass is 313 g/mol. The number of pyridine rings is 1. The quantitative estimate of drug-likeness (QED) is 0.802. The maximum atomic E-state index is 12.1. The molecule has 1 amide bonds. The van der Waals surface area contributed by atoms with Crippen LogP contribution >= 0.6 is 11.6 Å². The number of nitrogens with one attached hydrogen (secondary N) is 1. The van der Waals surface area contributed by atoms with Crippen LogP contribution in [0.5, 0.6) is 0 Å². The summed E-state index contributed by atoms with van der Waals surface area (Å²) in [4.78, 5) is 16.0. The molecule has 3 aromatic rings. The molecular formula is C16H12ClN3O2. The summed E-state index contributed by atoms with van der Waals surface area (Å²) in [5.74, 6) is 0.142. The van der Waals surface area contributed by atoms with E-state index in [-0.39, 0.29) is 11.6 Å². The van der Waals surface area contributed by atoms with Gasteiger partial charge in [0, 0.05) is 30.6 Å². The Hall–Kier alpha value is -2.66. The van der Waals surface area contributed by atoms with Crippen molar-refractivity contribution in [3.05, 3.63) is 71.1 Å². The molecule has 0 unspecified atom stereocenters. The first-order valence-electron chi connectivity index (χ1n) is 6.63. The summed E-state index contributed by atoms with van der Waals surface area (Å²) in [6.45, 7) is 0.376. The van der Waals surface area contributed by atoms with Crippen molar-refractivity contribution in [2.45, 2.75) is 6.54 Å². The van der Waals surface area contributed by atoms with Gasteiger partial charge in [0.25, 0.3) is 5.91 Å². The van der Waals surface area contributed by atoms with Crippen LogP contribution in [-0.4, -0.2) is 16.0 Å². The summed E-state index contributed by atoms with van der Waals surface area (Å²) in [6.07, 6.45) is 3.37. The number of carbonyl (C=O) groups excluding carboxylic acids is 1. The first-order chi connectivity index (χ1) is 10.7. The first-order valence-corrected chi connectivity index (χ1v) is 7.00. The Morgan fingerprint density at radius 1 is 1.23 bits per heavy atom. The fraction of sp³-hybridized carbons (Fsp3) is 0.0625. The van der Waals surface area contributed by atoms with Crippen LogP contribution in [0.4, 0.5) is 0 Å². The van der Waals surface area contributed by atoms with E-state index in [1.165, 1.54) is 0 Å². The minimum absolute atomic E-state index is 0.207.